The van der Waals surface area contributed by atoms with Crippen LogP contribution in [-0.2, 0) is 22.4 Å². The molecule has 1 saturated heterocycles. The van der Waals surface area contributed by atoms with Crippen LogP contribution < -0.4 is 10.6 Å². The van der Waals surface area contributed by atoms with Gasteiger partial charge in [0.15, 0.2) is 0 Å². The number of aromatic nitrogens is 2. The van der Waals surface area contributed by atoms with Crippen molar-refractivity contribution in [3.8, 4) is 16.9 Å². The molecule has 4 amide bonds. The van der Waals surface area contributed by atoms with E-state index in [2.05, 4.69) is 10.6 Å². The molecular weight excluding hydrogens is 466 g/mol. The van der Waals surface area contributed by atoms with Crippen LogP contribution in [0.4, 0.5) is 10.6 Å². The van der Waals surface area contributed by atoms with Crippen LogP contribution in [0.15, 0.2) is 91.0 Å². The Balaban J connectivity index is 1.23. The van der Waals surface area contributed by atoms with E-state index in [-0.39, 0.29) is 12.5 Å². The van der Waals surface area contributed by atoms with Crippen molar-refractivity contribution in [1.29, 1.82) is 0 Å². The first-order valence-corrected chi connectivity index (χ1v) is 12.2. The first kappa shape index (κ1) is 22.7. The van der Waals surface area contributed by atoms with Crippen LogP contribution in [0, 0.1) is 0 Å². The maximum absolute atomic E-state index is 13.4. The summed E-state index contributed by atoms with van der Waals surface area (Å²) in [6.45, 7) is -0.380. The van der Waals surface area contributed by atoms with E-state index in [0.29, 0.717) is 30.8 Å². The minimum Gasteiger partial charge on any atom is -0.323 e. The molecule has 1 unspecified atom stereocenters. The molecule has 0 bridgehead atoms. The number of amides is 4. The first-order valence-electron chi connectivity index (χ1n) is 12.2. The second-order valence-electron chi connectivity index (χ2n) is 9.43. The standard InChI is InChI=1S/C29H25N5O3/c35-26(19-33-27(36)29(31-28(33)37)16-15-20-9-7-8-12-22(20)18-29)30-25-17-24(21-10-3-1-4-11-21)32-34(25)23-13-5-2-6-14-23/h1-14,17H,15-16,18-19H2,(H,30,35)(H,31,37). The fourth-order valence-corrected chi connectivity index (χ4v) is 5.16. The van der Waals surface area contributed by atoms with Crippen molar-refractivity contribution >= 4 is 23.7 Å². The van der Waals surface area contributed by atoms with Gasteiger partial charge in [-0.2, -0.15) is 5.10 Å². The second kappa shape index (κ2) is 9.05. The van der Waals surface area contributed by atoms with Gasteiger partial charge < -0.3 is 10.6 Å². The van der Waals surface area contributed by atoms with Crippen molar-refractivity contribution in [2.24, 2.45) is 0 Å². The number of nitrogens with zero attached hydrogens (tertiary/aromatic N) is 3. The molecule has 1 fully saturated rings. The topological polar surface area (TPSA) is 96.3 Å². The number of rotatable bonds is 5. The quantitative estimate of drug-likeness (QED) is 0.413. The number of hydrogen-bond donors (Lipinski definition) is 2. The summed E-state index contributed by atoms with van der Waals surface area (Å²) in [4.78, 5) is 40.4. The molecule has 3 aromatic carbocycles. The van der Waals surface area contributed by atoms with Crippen molar-refractivity contribution in [3.63, 3.8) is 0 Å². The van der Waals surface area contributed by atoms with Gasteiger partial charge in [0.05, 0.1) is 11.4 Å². The Labute approximate surface area is 213 Å². The minimum atomic E-state index is -1.00. The highest BCUT2D eigenvalue weighted by Gasteiger charge is 2.52. The number of para-hydroxylation sites is 1. The van der Waals surface area contributed by atoms with Crippen LogP contribution in [0.3, 0.4) is 0 Å². The molecule has 8 heteroatoms. The SMILES string of the molecule is O=C(CN1C(=O)NC2(CCc3ccccc3C2)C1=O)Nc1cc(-c2ccccc2)nn1-c1ccccc1. The number of anilines is 1. The van der Waals surface area contributed by atoms with Gasteiger partial charge in [0.25, 0.3) is 5.91 Å². The monoisotopic (exact) mass is 491 g/mol. The smallest absolute Gasteiger partial charge is 0.323 e. The molecule has 8 nitrogen and oxygen atoms in total. The number of imide groups is 1. The normalized spacial score (nSPS) is 18.5. The van der Waals surface area contributed by atoms with Crippen LogP contribution in [-0.4, -0.2) is 44.6 Å². The Morgan fingerprint density at radius 2 is 1.59 bits per heavy atom. The molecule has 2 heterocycles. The van der Waals surface area contributed by atoms with Gasteiger partial charge in [-0.25, -0.2) is 9.48 Å². The fraction of sp³-hybridized carbons (Fsp3) is 0.172. The molecule has 37 heavy (non-hydrogen) atoms. The number of urea groups is 1. The fourth-order valence-electron chi connectivity index (χ4n) is 5.16. The molecule has 1 aliphatic heterocycles. The molecule has 1 atom stereocenters. The maximum Gasteiger partial charge on any atom is 0.325 e. The summed E-state index contributed by atoms with van der Waals surface area (Å²) in [5.74, 6) is -0.388. The Morgan fingerprint density at radius 1 is 0.919 bits per heavy atom. The third-order valence-corrected chi connectivity index (χ3v) is 7.03. The van der Waals surface area contributed by atoms with Gasteiger partial charge in [-0.15, -0.1) is 0 Å². The lowest BCUT2D eigenvalue weighted by Gasteiger charge is -2.32. The summed E-state index contributed by atoms with van der Waals surface area (Å²) < 4.78 is 1.64. The number of carbonyl (C=O) groups is 3. The van der Waals surface area contributed by atoms with Crippen LogP contribution in [0.5, 0.6) is 0 Å². The van der Waals surface area contributed by atoms with E-state index in [0.717, 1.165) is 21.7 Å². The van der Waals surface area contributed by atoms with Gasteiger partial charge in [0.2, 0.25) is 5.91 Å². The molecule has 1 spiro atoms. The summed E-state index contributed by atoms with van der Waals surface area (Å²) in [5.41, 5.74) is 3.60. The molecule has 1 aromatic heterocycles. The zero-order valence-corrected chi connectivity index (χ0v) is 20.1. The third kappa shape index (κ3) is 4.16. The number of aryl methyl sites for hydroxylation is 1. The number of fused-ring (bicyclic) bond motifs is 1. The molecule has 2 N–H and O–H groups in total. The van der Waals surface area contributed by atoms with E-state index in [4.69, 9.17) is 5.10 Å². The van der Waals surface area contributed by atoms with Crippen molar-refractivity contribution in [3.05, 3.63) is 102 Å². The van der Waals surface area contributed by atoms with Crippen molar-refractivity contribution in [2.75, 3.05) is 11.9 Å². The van der Waals surface area contributed by atoms with Crippen LogP contribution in [0.2, 0.25) is 0 Å². The van der Waals surface area contributed by atoms with Crippen LogP contribution >= 0.6 is 0 Å². The predicted octanol–water partition coefficient (Wildman–Crippen LogP) is 3.96. The summed E-state index contributed by atoms with van der Waals surface area (Å²) in [6.07, 6.45) is 1.63. The van der Waals surface area contributed by atoms with Crippen molar-refractivity contribution in [2.45, 2.75) is 24.8 Å². The van der Waals surface area contributed by atoms with Crippen LogP contribution in [0.1, 0.15) is 17.5 Å². The molecular formula is C29H25N5O3. The van der Waals surface area contributed by atoms with E-state index in [1.54, 1.807) is 10.7 Å². The van der Waals surface area contributed by atoms with E-state index < -0.39 is 17.5 Å². The summed E-state index contributed by atoms with van der Waals surface area (Å²) >= 11 is 0. The lowest BCUT2D eigenvalue weighted by Crippen LogP contribution is -2.51. The number of hydrogen-bond acceptors (Lipinski definition) is 4. The molecule has 0 saturated carbocycles. The molecule has 4 aromatic rings. The largest absolute Gasteiger partial charge is 0.325 e. The van der Waals surface area contributed by atoms with Gasteiger partial charge in [-0.05, 0) is 36.1 Å². The summed E-state index contributed by atoms with van der Waals surface area (Å²) in [6, 6.07) is 28.3. The lowest BCUT2D eigenvalue weighted by atomic mass is 9.78. The van der Waals surface area contributed by atoms with Gasteiger partial charge in [-0.3, -0.25) is 14.5 Å². The third-order valence-electron chi connectivity index (χ3n) is 7.03. The lowest BCUT2D eigenvalue weighted by molar-refractivity contribution is -0.134. The van der Waals surface area contributed by atoms with E-state index in [1.807, 2.05) is 84.9 Å². The van der Waals surface area contributed by atoms with Gasteiger partial charge in [0.1, 0.15) is 17.9 Å². The van der Waals surface area contributed by atoms with E-state index in [9.17, 15) is 14.4 Å². The first-order chi connectivity index (χ1) is 18.0. The van der Waals surface area contributed by atoms with Crippen LogP contribution in [0.25, 0.3) is 16.9 Å². The Hall–Kier alpha value is -4.72. The Morgan fingerprint density at radius 3 is 2.35 bits per heavy atom. The minimum absolute atomic E-state index is 0.358. The zero-order chi connectivity index (χ0) is 25.4. The van der Waals surface area contributed by atoms with Crippen molar-refractivity contribution < 1.29 is 14.4 Å². The molecule has 0 radical (unpaired) electrons. The average Bonchev–Trinajstić information content (AvgIpc) is 3.44. The van der Waals surface area contributed by atoms with E-state index >= 15 is 0 Å². The molecule has 1 aliphatic carbocycles. The summed E-state index contributed by atoms with van der Waals surface area (Å²) in [7, 11) is 0. The Kier molecular flexibility index (Phi) is 5.56. The van der Waals surface area contributed by atoms with Gasteiger partial charge in [-0.1, -0.05) is 72.8 Å². The number of nitrogens with one attached hydrogen (secondary N) is 2. The molecule has 6 rings (SSSR count). The summed E-state index contributed by atoms with van der Waals surface area (Å²) in [5, 5.41) is 10.4. The molecule has 184 valence electrons. The Bertz CT molecular complexity index is 1500. The average molecular weight is 492 g/mol. The number of benzene rings is 3. The van der Waals surface area contributed by atoms with Gasteiger partial charge in [0, 0.05) is 18.1 Å². The van der Waals surface area contributed by atoms with E-state index in [1.165, 1.54) is 5.56 Å². The highest BCUT2D eigenvalue weighted by Crippen LogP contribution is 2.33. The zero-order valence-electron chi connectivity index (χ0n) is 20.1. The molecule has 2 aliphatic rings. The highest BCUT2D eigenvalue weighted by molar-refractivity contribution is 6.10. The second-order valence-corrected chi connectivity index (χ2v) is 9.43. The number of carbonyl (C=O) groups excluding carboxylic acids is 3. The van der Waals surface area contributed by atoms with Gasteiger partial charge >= 0.3 is 6.03 Å². The van der Waals surface area contributed by atoms with Crippen molar-refractivity contribution in [1.82, 2.24) is 20.0 Å². The maximum atomic E-state index is 13.4. The predicted molar refractivity (Wildman–Crippen MR) is 139 cm³/mol. The highest BCUT2D eigenvalue weighted by atomic mass is 16.2.